The Morgan fingerprint density at radius 2 is 1.75 bits per heavy atom. The van der Waals surface area contributed by atoms with Gasteiger partial charge in [-0.2, -0.15) is 0 Å². The lowest BCUT2D eigenvalue weighted by Crippen LogP contribution is -2.37. The highest BCUT2D eigenvalue weighted by Gasteiger charge is 2.25. The number of ether oxygens (including phenoxy) is 2. The number of nitrogens with one attached hydrogen (secondary N) is 1. The number of rotatable bonds is 9. The number of benzene rings is 1. The van der Waals surface area contributed by atoms with E-state index in [1.807, 2.05) is 19.1 Å². The molecule has 0 saturated heterocycles. The largest absolute Gasteiger partial charge is 0.494 e. The van der Waals surface area contributed by atoms with E-state index in [0.29, 0.717) is 12.5 Å². The molecule has 0 aliphatic rings. The Balaban J connectivity index is 2.90. The first kappa shape index (κ1) is 17.0. The molecule has 1 aromatic carbocycles. The maximum absolute atomic E-state index is 5.71. The molecule has 0 amide bonds. The van der Waals surface area contributed by atoms with E-state index >= 15 is 0 Å². The molecule has 1 rings (SSSR count). The fraction of sp³-hybridized carbons (Fsp3) is 0.647. The van der Waals surface area contributed by atoms with Crippen LogP contribution < -0.4 is 10.1 Å². The molecule has 0 radical (unpaired) electrons. The van der Waals surface area contributed by atoms with Gasteiger partial charge in [0.05, 0.1) is 18.8 Å². The quantitative estimate of drug-likeness (QED) is 0.746. The van der Waals surface area contributed by atoms with Crippen LogP contribution in [-0.4, -0.2) is 26.4 Å². The summed E-state index contributed by atoms with van der Waals surface area (Å²) in [5, 5.41) is 3.60. The monoisotopic (exact) mass is 279 g/mol. The maximum atomic E-state index is 5.71. The third-order valence-electron chi connectivity index (χ3n) is 3.42. The predicted octanol–water partition coefficient (Wildman–Crippen LogP) is 3.80. The molecule has 0 bridgehead atoms. The van der Waals surface area contributed by atoms with Gasteiger partial charge in [0.15, 0.2) is 0 Å². The predicted molar refractivity (Wildman–Crippen MR) is 84.3 cm³/mol. The van der Waals surface area contributed by atoms with Crippen molar-refractivity contribution in [3.63, 3.8) is 0 Å². The first-order valence-electron chi connectivity index (χ1n) is 7.62. The zero-order valence-electron chi connectivity index (χ0n) is 13.5. The van der Waals surface area contributed by atoms with E-state index in [1.54, 1.807) is 7.11 Å². The van der Waals surface area contributed by atoms with Gasteiger partial charge in [0.2, 0.25) is 0 Å². The van der Waals surface area contributed by atoms with Crippen molar-refractivity contribution >= 4 is 0 Å². The number of methoxy groups -OCH3 is 1. The maximum Gasteiger partial charge on any atom is 0.119 e. The van der Waals surface area contributed by atoms with Crippen molar-refractivity contribution in [1.82, 2.24) is 5.32 Å². The average molecular weight is 279 g/mol. The molecule has 0 aliphatic carbocycles. The van der Waals surface area contributed by atoms with Crippen LogP contribution in [0.15, 0.2) is 24.3 Å². The second-order valence-electron chi connectivity index (χ2n) is 5.38. The normalized spacial score (nSPS) is 14.3. The summed E-state index contributed by atoms with van der Waals surface area (Å²) in [6, 6.07) is 8.55. The van der Waals surface area contributed by atoms with E-state index in [-0.39, 0.29) is 12.1 Å². The van der Waals surface area contributed by atoms with Gasteiger partial charge in [-0.15, -0.1) is 0 Å². The van der Waals surface area contributed by atoms with Gasteiger partial charge in [0, 0.05) is 7.11 Å². The molecule has 3 heteroatoms. The molecule has 0 aromatic heterocycles. The number of hydrogen-bond acceptors (Lipinski definition) is 3. The van der Waals surface area contributed by atoms with E-state index in [0.717, 1.165) is 18.7 Å². The molecule has 1 aromatic rings. The SMILES string of the molecule is CCCNC(c1ccc(OCC)cc1)C(OC)C(C)C. The summed E-state index contributed by atoms with van der Waals surface area (Å²) in [6.45, 7) is 10.3. The summed E-state index contributed by atoms with van der Waals surface area (Å²) < 4.78 is 11.2. The Bertz CT molecular complexity index is 362. The van der Waals surface area contributed by atoms with Gasteiger partial charge in [-0.25, -0.2) is 0 Å². The van der Waals surface area contributed by atoms with Gasteiger partial charge in [-0.1, -0.05) is 32.9 Å². The minimum atomic E-state index is 0.166. The first-order chi connectivity index (χ1) is 9.63. The molecule has 2 unspecified atom stereocenters. The van der Waals surface area contributed by atoms with E-state index in [9.17, 15) is 0 Å². The van der Waals surface area contributed by atoms with Crippen molar-refractivity contribution < 1.29 is 9.47 Å². The molecule has 0 saturated carbocycles. The van der Waals surface area contributed by atoms with Gasteiger partial charge in [0.1, 0.15) is 5.75 Å². The summed E-state index contributed by atoms with van der Waals surface area (Å²) in [6.07, 6.45) is 1.28. The Morgan fingerprint density at radius 3 is 2.20 bits per heavy atom. The zero-order valence-corrected chi connectivity index (χ0v) is 13.5. The highest BCUT2D eigenvalue weighted by molar-refractivity contribution is 5.30. The van der Waals surface area contributed by atoms with Crippen molar-refractivity contribution in [2.24, 2.45) is 5.92 Å². The van der Waals surface area contributed by atoms with Crippen LogP contribution in [0.2, 0.25) is 0 Å². The van der Waals surface area contributed by atoms with E-state index in [2.05, 4.69) is 38.2 Å². The van der Waals surface area contributed by atoms with Gasteiger partial charge >= 0.3 is 0 Å². The fourth-order valence-corrected chi connectivity index (χ4v) is 2.45. The smallest absolute Gasteiger partial charge is 0.119 e. The number of hydrogen-bond donors (Lipinski definition) is 1. The molecular formula is C17H29NO2. The van der Waals surface area contributed by atoms with Crippen molar-refractivity contribution in [3.05, 3.63) is 29.8 Å². The van der Waals surface area contributed by atoms with Gasteiger partial charge in [0.25, 0.3) is 0 Å². The lowest BCUT2D eigenvalue weighted by atomic mass is 9.93. The van der Waals surface area contributed by atoms with Crippen LogP contribution >= 0.6 is 0 Å². The van der Waals surface area contributed by atoms with E-state index in [1.165, 1.54) is 5.56 Å². The summed E-state index contributed by atoms with van der Waals surface area (Å²) >= 11 is 0. The second kappa shape index (κ2) is 8.98. The summed E-state index contributed by atoms with van der Waals surface area (Å²) in [4.78, 5) is 0. The summed E-state index contributed by atoms with van der Waals surface area (Å²) in [5.74, 6) is 1.38. The molecule has 1 N–H and O–H groups in total. The summed E-state index contributed by atoms with van der Waals surface area (Å²) in [7, 11) is 1.79. The lowest BCUT2D eigenvalue weighted by molar-refractivity contribution is 0.0326. The fourth-order valence-electron chi connectivity index (χ4n) is 2.45. The molecule has 0 fully saturated rings. The van der Waals surface area contributed by atoms with Crippen LogP contribution in [0.5, 0.6) is 5.75 Å². The van der Waals surface area contributed by atoms with Crippen LogP contribution in [0.25, 0.3) is 0 Å². The van der Waals surface area contributed by atoms with E-state index < -0.39 is 0 Å². The molecule has 0 heterocycles. The minimum absolute atomic E-state index is 0.166. The Labute approximate surface area is 123 Å². The lowest BCUT2D eigenvalue weighted by Gasteiger charge is -2.30. The molecule has 0 aliphatic heterocycles. The third-order valence-corrected chi connectivity index (χ3v) is 3.42. The van der Waals surface area contributed by atoms with Gasteiger partial charge in [-0.3, -0.25) is 0 Å². The average Bonchev–Trinajstić information content (AvgIpc) is 2.44. The van der Waals surface area contributed by atoms with Crippen LogP contribution in [0.4, 0.5) is 0 Å². The zero-order chi connectivity index (χ0) is 15.0. The Hall–Kier alpha value is -1.06. The molecule has 3 nitrogen and oxygen atoms in total. The highest BCUT2D eigenvalue weighted by Crippen LogP contribution is 2.26. The molecule has 20 heavy (non-hydrogen) atoms. The molecular weight excluding hydrogens is 250 g/mol. The van der Waals surface area contributed by atoms with Crippen molar-refractivity contribution in [2.45, 2.75) is 46.3 Å². The molecule has 0 spiro atoms. The minimum Gasteiger partial charge on any atom is -0.494 e. The topological polar surface area (TPSA) is 30.5 Å². The van der Waals surface area contributed by atoms with Gasteiger partial charge < -0.3 is 14.8 Å². The summed E-state index contributed by atoms with van der Waals surface area (Å²) in [5.41, 5.74) is 1.25. The van der Waals surface area contributed by atoms with E-state index in [4.69, 9.17) is 9.47 Å². The molecule has 2 atom stereocenters. The van der Waals surface area contributed by atoms with Gasteiger partial charge in [-0.05, 0) is 43.5 Å². The van der Waals surface area contributed by atoms with Crippen LogP contribution in [-0.2, 0) is 4.74 Å². The Morgan fingerprint density at radius 1 is 1.10 bits per heavy atom. The van der Waals surface area contributed by atoms with Crippen molar-refractivity contribution in [2.75, 3.05) is 20.3 Å². The standard InChI is InChI=1S/C17H29NO2/c1-6-12-18-16(17(19-5)13(3)4)14-8-10-15(11-9-14)20-7-2/h8-11,13,16-18H,6-7,12H2,1-5H3. The first-order valence-corrected chi connectivity index (χ1v) is 7.62. The highest BCUT2D eigenvalue weighted by atomic mass is 16.5. The third kappa shape index (κ3) is 4.80. The molecule has 114 valence electrons. The second-order valence-corrected chi connectivity index (χ2v) is 5.38. The van der Waals surface area contributed by atoms with Crippen LogP contribution in [0.3, 0.4) is 0 Å². The Kier molecular flexibility index (Phi) is 7.63. The van der Waals surface area contributed by atoms with Crippen molar-refractivity contribution in [1.29, 1.82) is 0 Å². The van der Waals surface area contributed by atoms with Crippen LogP contribution in [0.1, 0.15) is 45.7 Å². The van der Waals surface area contributed by atoms with Crippen LogP contribution in [0, 0.1) is 5.92 Å². The van der Waals surface area contributed by atoms with Crippen molar-refractivity contribution in [3.8, 4) is 5.75 Å².